The maximum atomic E-state index is 11.8. The lowest BCUT2D eigenvalue weighted by Crippen LogP contribution is -2.54. The number of ketones is 1. The van der Waals surface area contributed by atoms with Gasteiger partial charge in [0.05, 0.1) is 5.60 Å². The van der Waals surface area contributed by atoms with E-state index in [0.717, 1.165) is 19.3 Å². The Bertz CT molecular complexity index is 244. The molecule has 0 aromatic carbocycles. The summed E-state index contributed by atoms with van der Waals surface area (Å²) in [6.45, 7) is 4.39. The molecular weight excluding hydrogens is 164 g/mol. The molecule has 3 fully saturated rings. The van der Waals surface area contributed by atoms with Gasteiger partial charge in [-0.15, -0.1) is 0 Å². The molecule has 3 rings (SSSR count). The molecule has 3 aliphatic carbocycles. The predicted octanol–water partition coefficient (Wildman–Crippen LogP) is 2.17. The van der Waals surface area contributed by atoms with Crippen LogP contribution in [0.15, 0.2) is 0 Å². The smallest absolute Gasteiger partial charge is 0.139 e. The third kappa shape index (κ3) is 1.23. The molecule has 0 amide bonds. The van der Waals surface area contributed by atoms with Gasteiger partial charge in [-0.3, -0.25) is 4.79 Å². The highest BCUT2D eigenvalue weighted by atomic mass is 16.5. The van der Waals surface area contributed by atoms with E-state index in [2.05, 4.69) is 13.8 Å². The highest BCUT2D eigenvalue weighted by Gasteiger charge is 2.54. The molecule has 2 unspecified atom stereocenters. The van der Waals surface area contributed by atoms with E-state index in [1.807, 2.05) is 0 Å². The number of hydrogen-bond donors (Lipinski definition) is 0. The molecule has 0 aromatic heterocycles. The van der Waals surface area contributed by atoms with Crippen LogP contribution in [0.3, 0.4) is 0 Å². The molecule has 74 valence electrons. The Morgan fingerprint density at radius 3 is 2.62 bits per heavy atom. The molecule has 2 heteroatoms. The van der Waals surface area contributed by atoms with E-state index < -0.39 is 0 Å². The normalized spacial score (nSPS) is 42.4. The summed E-state index contributed by atoms with van der Waals surface area (Å²) in [5.74, 6) is 0.717. The van der Waals surface area contributed by atoms with Crippen molar-refractivity contribution in [1.82, 2.24) is 0 Å². The zero-order chi connectivity index (χ0) is 9.69. The fourth-order valence-corrected chi connectivity index (χ4v) is 3.27. The predicted molar refractivity (Wildman–Crippen MR) is 50.5 cm³/mol. The Balaban J connectivity index is 2.32. The second kappa shape index (κ2) is 2.57. The van der Waals surface area contributed by atoms with E-state index in [1.165, 1.54) is 0 Å². The molecule has 3 aliphatic rings. The molecule has 0 heterocycles. The van der Waals surface area contributed by atoms with Crippen molar-refractivity contribution in [2.24, 2.45) is 11.3 Å². The lowest BCUT2D eigenvalue weighted by Gasteiger charge is -2.53. The summed E-state index contributed by atoms with van der Waals surface area (Å²) >= 11 is 0. The van der Waals surface area contributed by atoms with Gasteiger partial charge in [0.25, 0.3) is 0 Å². The molecule has 0 spiro atoms. The number of rotatable bonds is 1. The van der Waals surface area contributed by atoms with Crippen molar-refractivity contribution in [3.8, 4) is 0 Å². The highest BCUT2D eigenvalue weighted by molar-refractivity contribution is 5.84. The van der Waals surface area contributed by atoms with Gasteiger partial charge in [0.2, 0.25) is 0 Å². The molecule has 2 bridgehead atoms. The molecule has 3 saturated carbocycles. The van der Waals surface area contributed by atoms with Crippen molar-refractivity contribution < 1.29 is 9.53 Å². The van der Waals surface area contributed by atoms with Gasteiger partial charge >= 0.3 is 0 Å². The van der Waals surface area contributed by atoms with Crippen LogP contribution < -0.4 is 0 Å². The molecule has 0 N–H and O–H groups in total. The van der Waals surface area contributed by atoms with E-state index in [4.69, 9.17) is 4.74 Å². The fourth-order valence-electron chi connectivity index (χ4n) is 3.27. The molecule has 13 heavy (non-hydrogen) atoms. The molecule has 0 radical (unpaired) electrons. The topological polar surface area (TPSA) is 26.3 Å². The van der Waals surface area contributed by atoms with Crippen LogP contribution in [-0.2, 0) is 9.53 Å². The van der Waals surface area contributed by atoms with Crippen LogP contribution in [0.4, 0.5) is 0 Å². The molecule has 0 saturated heterocycles. The summed E-state index contributed by atoms with van der Waals surface area (Å²) in [6.07, 6.45) is 3.80. The first-order chi connectivity index (χ1) is 5.99. The Morgan fingerprint density at radius 1 is 1.46 bits per heavy atom. The third-order valence-electron chi connectivity index (χ3n) is 3.93. The van der Waals surface area contributed by atoms with Crippen molar-refractivity contribution in [3.05, 3.63) is 0 Å². The number of Topliss-reactive ketones (excluding diaryl/α,β-unsaturated/α-hetero) is 1. The quantitative estimate of drug-likeness (QED) is 0.621. The zero-order valence-electron chi connectivity index (χ0n) is 8.72. The lowest BCUT2D eigenvalue weighted by molar-refractivity contribution is -0.164. The van der Waals surface area contributed by atoms with Gasteiger partial charge in [-0.1, -0.05) is 13.8 Å². The second-order valence-corrected chi connectivity index (χ2v) is 5.29. The Hall–Kier alpha value is -0.370. The van der Waals surface area contributed by atoms with E-state index in [9.17, 15) is 4.79 Å². The molecular formula is C11H18O2. The number of hydrogen-bond acceptors (Lipinski definition) is 2. The lowest BCUT2D eigenvalue weighted by atomic mass is 9.55. The van der Waals surface area contributed by atoms with Gasteiger partial charge in [0, 0.05) is 19.4 Å². The van der Waals surface area contributed by atoms with E-state index >= 15 is 0 Å². The molecule has 2 atom stereocenters. The summed E-state index contributed by atoms with van der Waals surface area (Å²) in [5, 5.41) is 0. The third-order valence-corrected chi connectivity index (χ3v) is 3.93. The van der Waals surface area contributed by atoms with Crippen molar-refractivity contribution >= 4 is 5.78 Å². The van der Waals surface area contributed by atoms with Gasteiger partial charge in [-0.2, -0.15) is 0 Å². The largest absolute Gasteiger partial charge is 0.378 e. The van der Waals surface area contributed by atoms with Crippen molar-refractivity contribution in [2.75, 3.05) is 7.11 Å². The number of carbonyl (C=O) groups is 1. The minimum atomic E-state index is -0.116. The first-order valence-electron chi connectivity index (χ1n) is 5.07. The summed E-state index contributed by atoms with van der Waals surface area (Å²) in [4.78, 5) is 11.8. The summed E-state index contributed by atoms with van der Waals surface area (Å²) in [6, 6.07) is 0. The van der Waals surface area contributed by atoms with E-state index in [1.54, 1.807) is 7.11 Å². The fraction of sp³-hybridized carbons (Fsp3) is 0.909. The summed E-state index contributed by atoms with van der Waals surface area (Å²) in [5.41, 5.74) is 0.0406. The number of ether oxygens (including phenoxy) is 1. The van der Waals surface area contributed by atoms with Gasteiger partial charge in [0.1, 0.15) is 5.78 Å². The molecule has 2 nitrogen and oxygen atoms in total. The van der Waals surface area contributed by atoms with E-state index in [-0.39, 0.29) is 11.0 Å². The second-order valence-electron chi connectivity index (χ2n) is 5.29. The summed E-state index contributed by atoms with van der Waals surface area (Å²) < 4.78 is 5.55. The standard InChI is InChI=1S/C11H18O2/c1-10(2)7-11(13-3)5-4-8(10)9(12)6-11/h8H,4-7H2,1-3H3. The maximum Gasteiger partial charge on any atom is 0.139 e. The van der Waals surface area contributed by atoms with Crippen LogP contribution in [0.2, 0.25) is 0 Å². The minimum Gasteiger partial charge on any atom is -0.378 e. The van der Waals surface area contributed by atoms with Gasteiger partial charge in [0.15, 0.2) is 0 Å². The monoisotopic (exact) mass is 182 g/mol. The molecule has 0 aromatic rings. The van der Waals surface area contributed by atoms with Crippen molar-refractivity contribution in [3.63, 3.8) is 0 Å². The van der Waals surface area contributed by atoms with Gasteiger partial charge in [-0.05, 0) is 24.7 Å². The Labute approximate surface area is 79.7 Å². The SMILES string of the molecule is COC12CCC(C(=O)C1)C(C)(C)C2. The Morgan fingerprint density at radius 2 is 2.15 bits per heavy atom. The highest BCUT2D eigenvalue weighted by Crippen LogP contribution is 2.53. The zero-order valence-corrected chi connectivity index (χ0v) is 8.72. The maximum absolute atomic E-state index is 11.8. The average molecular weight is 182 g/mol. The molecule has 0 aliphatic heterocycles. The van der Waals surface area contributed by atoms with Crippen LogP contribution >= 0.6 is 0 Å². The van der Waals surface area contributed by atoms with Crippen LogP contribution in [0.5, 0.6) is 0 Å². The Kier molecular flexibility index (Phi) is 1.82. The van der Waals surface area contributed by atoms with Crippen molar-refractivity contribution in [2.45, 2.75) is 45.1 Å². The van der Waals surface area contributed by atoms with Crippen molar-refractivity contribution in [1.29, 1.82) is 0 Å². The number of fused-ring (bicyclic) bond motifs is 3. The first kappa shape index (κ1) is 9.20. The minimum absolute atomic E-state index is 0.116. The number of carbonyl (C=O) groups excluding carboxylic acids is 1. The van der Waals surface area contributed by atoms with Crippen LogP contribution in [0, 0.1) is 11.3 Å². The van der Waals surface area contributed by atoms with Gasteiger partial charge < -0.3 is 4.74 Å². The van der Waals surface area contributed by atoms with Crippen LogP contribution in [-0.4, -0.2) is 18.5 Å². The van der Waals surface area contributed by atoms with Crippen LogP contribution in [0.25, 0.3) is 0 Å². The summed E-state index contributed by atoms with van der Waals surface area (Å²) in [7, 11) is 1.75. The average Bonchev–Trinajstić information content (AvgIpc) is 2.02. The first-order valence-corrected chi connectivity index (χ1v) is 5.07. The number of methoxy groups -OCH3 is 1. The van der Waals surface area contributed by atoms with Gasteiger partial charge in [-0.25, -0.2) is 0 Å². The van der Waals surface area contributed by atoms with E-state index in [0.29, 0.717) is 18.1 Å². The van der Waals surface area contributed by atoms with Crippen LogP contribution in [0.1, 0.15) is 39.5 Å².